The van der Waals surface area contributed by atoms with E-state index in [2.05, 4.69) is 47.9 Å². The number of amides is 12. The number of aromatic hydroxyl groups is 2. The Kier molecular flexibility index (Phi) is 25.6. The topological polar surface area (TPSA) is 483 Å². The van der Waals surface area contributed by atoms with Gasteiger partial charge in [0.05, 0.1) is 12.8 Å². The first-order valence-corrected chi connectivity index (χ1v) is 29.4. The standard InChI is InChI=1S/C62H74N12O18/c1-33-53(83)68-43(27-34-9-4-2-5-10-34)58(88)70-44(29-37-16-20-39(76)21-17-37)57(87)66-40(22-24-49(63)77)55(85)73-47(30-35-11-6-3-7-12-35)62(92)74-26-8-13-48(74)61(91)72-46(32-52(81)82)60(90)71-45(31-50(64)78)59(89)67-41(23-25-51(79)80)54(84)69-42(56(86)65-33)28-36-14-18-38(75)19-15-36/h2-7,9-12,14-21,33,40-48,75-76H,8,13,22-32H2,1H3,(H2,63,77)(H2,64,78)(H,65,86)(H,66,87)(H,67,89)(H,68,83)(H,69,84)(H,70,88)(H,71,90)(H,72,91)(H,73,85)(H,79,80)(H,81,82)/t33-,40-,41-,42-,43-,44-,45-,46-,47+,48-/m0/s1. The van der Waals surface area contributed by atoms with E-state index in [9.17, 15) is 87.5 Å². The Labute approximate surface area is 526 Å². The van der Waals surface area contributed by atoms with E-state index in [1.807, 2.05) is 0 Å². The van der Waals surface area contributed by atoms with Crippen molar-refractivity contribution in [1.29, 1.82) is 0 Å². The number of phenolic OH excluding ortho intramolecular Hbond substituents is 2. The molecule has 0 aromatic heterocycles. The molecule has 4 aromatic carbocycles. The van der Waals surface area contributed by atoms with E-state index in [0.717, 1.165) is 4.90 Å². The zero-order chi connectivity index (χ0) is 67.2. The van der Waals surface area contributed by atoms with Gasteiger partial charge in [-0.25, -0.2) is 0 Å². The second-order valence-electron chi connectivity index (χ2n) is 22.2. The Morgan fingerprint density at radius 1 is 0.413 bits per heavy atom. The number of benzene rings is 4. The molecule has 6 rings (SSSR count). The van der Waals surface area contributed by atoms with Crippen molar-refractivity contribution in [2.45, 2.75) is 144 Å². The van der Waals surface area contributed by atoms with E-state index >= 15 is 0 Å². The monoisotopic (exact) mass is 1270 g/mol. The molecule has 10 atom stereocenters. The maximum atomic E-state index is 14.9. The molecule has 2 heterocycles. The van der Waals surface area contributed by atoms with Crippen LogP contribution in [0.15, 0.2) is 109 Å². The lowest BCUT2D eigenvalue weighted by Gasteiger charge is -2.31. The molecule has 2 aliphatic heterocycles. The molecular weight excluding hydrogens is 1200 g/mol. The minimum Gasteiger partial charge on any atom is -0.508 e. The van der Waals surface area contributed by atoms with Crippen LogP contribution in [0.25, 0.3) is 0 Å². The number of hydrogen-bond acceptors (Lipinski definition) is 16. The predicted molar refractivity (Wildman–Crippen MR) is 323 cm³/mol. The molecular formula is C62H74N12O18. The van der Waals surface area contributed by atoms with Gasteiger partial charge in [0.1, 0.15) is 71.9 Å². The number of phenols is 2. The van der Waals surface area contributed by atoms with Crippen molar-refractivity contribution in [3.05, 3.63) is 131 Å². The summed E-state index contributed by atoms with van der Waals surface area (Å²) in [6.45, 7) is 1.10. The number of primary amides is 2. The Morgan fingerprint density at radius 3 is 1.22 bits per heavy atom. The number of aliphatic carboxylic acids is 2. The number of carbonyl (C=O) groups is 14. The van der Waals surface area contributed by atoms with Crippen molar-refractivity contribution in [2.75, 3.05) is 6.54 Å². The van der Waals surface area contributed by atoms with Gasteiger partial charge in [0.2, 0.25) is 70.9 Å². The number of nitrogens with two attached hydrogens (primary N) is 2. The molecule has 2 fully saturated rings. The Morgan fingerprint density at radius 2 is 0.772 bits per heavy atom. The Bertz CT molecular complexity index is 3360. The summed E-state index contributed by atoms with van der Waals surface area (Å²) in [5.41, 5.74) is 12.7. The summed E-state index contributed by atoms with van der Waals surface area (Å²) in [5.74, 6) is -16.6. The predicted octanol–water partition coefficient (Wildman–Crippen LogP) is -2.76. The summed E-state index contributed by atoms with van der Waals surface area (Å²) in [6, 6.07) is 10.2. The number of hydrogen-bond donors (Lipinski definition) is 15. The molecule has 12 amide bonds. The fraction of sp³-hybridized carbons (Fsp3) is 0.387. The van der Waals surface area contributed by atoms with Crippen LogP contribution in [0.3, 0.4) is 0 Å². The van der Waals surface area contributed by atoms with E-state index in [1.54, 1.807) is 60.7 Å². The highest BCUT2D eigenvalue weighted by atomic mass is 16.4. The van der Waals surface area contributed by atoms with Crippen molar-refractivity contribution in [1.82, 2.24) is 52.8 Å². The quantitative estimate of drug-likeness (QED) is 0.0480. The Balaban J connectivity index is 1.45. The summed E-state index contributed by atoms with van der Waals surface area (Å²) >= 11 is 0. The van der Waals surface area contributed by atoms with E-state index in [1.165, 1.54) is 55.5 Å². The first kappa shape index (κ1) is 70.2. The second-order valence-corrected chi connectivity index (χ2v) is 22.2. The van der Waals surface area contributed by atoms with Gasteiger partial charge < -0.3 is 84.6 Å². The molecule has 2 saturated heterocycles. The SMILES string of the molecule is C[C@@H]1NC(=O)[C@H](Cc2ccc(O)cc2)NC(=O)[C@H](CCC(=O)O)NC(=O)[C@H](CC(N)=O)NC(=O)[C@H](CC(=O)O)NC(=O)[C@@H]2CCCN2C(=O)[C@@H](Cc2ccccc2)NC(=O)[C@H](CCC(N)=O)NC(=O)[C@H](Cc2ccc(O)cc2)NC(=O)[C@H](Cc2ccccc2)NC1=O. The molecule has 0 unspecified atom stereocenters. The molecule has 17 N–H and O–H groups in total. The van der Waals surface area contributed by atoms with Crippen molar-refractivity contribution in [2.24, 2.45) is 11.5 Å². The van der Waals surface area contributed by atoms with Gasteiger partial charge in [0.15, 0.2) is 0 Å². The highest BCUT2D eigenvalue weighted by molar-refractivity contribution is 6.01. The lowest BCUT2D eigenvalue weighted by Crippen LogP contribution is -2.62. The van der Waals surface area contributed by atoms with Crippen LogP contribution in [0, 0.1) is 0 Å². The molecule has 490 valence electrons. The molecule has 0 bridgehead atoms. The van der Waals surface area contributed by atoms with Crippen LogP contribution >= 0.6 is 0 Å². The molecule has 2 aliphatic rings. The second kappa shape index (κ2) is 33.6. The van der Waals surface area contributed by atoms with Crippen LogP contribution < -0.4 is 59.3 Å². The first-order chi connectivity index (χ1) is 43.7. The van der Waals surface area contributed by atoms with E-state index < -0.39 is 188 Å². The summed E-state index contributed by atoms with van der Waals surface area (Å²) in [4.78, 5) is 195. The molecule has 0 aliphatic carbocycles. The highest BCUT2D eigenvalue weighted by Crippen LogP contribution is 2.22. The maximum Gasteiger partial charge on any atom is 0.305 e. The van der Waals surface area contributed by atoms with Gasteiger partial charge in [0.25, 0.3) is 0 Å². The smallest absolute Gasteiger partial charge is 0.305 e. The van der Waals surface area contributed by atoms with E-state index in [0.29, 0.717) is 22.3 Å². The van der Waals surface area contributed by atoms with E-state index in [4.69, 9.17) is 11.5 Å². The fourth-order valence-electron chi connectivity index (χ4n) is 10.2. The normalized spacial score (nSPS) is 23.7. The van der Waals surface area contributed by atoms with Gasteiger partial charge >= 0.3 is 11.9 Å². The largest absolute Gasteiger partial charge is 0.508 e. The summed E-state index contributed by atoms with van der Waals surface area (Å²) in [5, 5.41) is 61.9. The highest BCUT2D eigenvalue weighted by Gasteiger charge is 2.42. The average Bonchev–Trinajstić information content (AvgIpc) is 1.58. The first-order valence-electron chi connectivity index (χ1n) is 29.4. The molecule has 0 saturated carbocycles. The number of carbonyl (C=O) groups excluding carboxylic acids is 12. The molecule has 0 radical (unpaired) electrons. The maximum absolute atomic E-state index is 14.9. The molecule has 0 spiro atoms. The zero-order valence-corrected chi connectivity index (χ0v) is 50.0. The molecule has 30 nitrogen and oxygen atoms in total. The zero-order valence-electron chi connectivity index (χ0n) is 50.0. The average molecular weight is 1280 g/mol. The van der Waals surface area contributed by atoms with Crippen molar-refractivity contribution in [3.8, 4) is 11.5 Å². The minimum absolute atomic E-state index is 0.0741. The van der Waals surface area contributed by atoms with Crippen molar-refractivity contribution in [3.63, 3.8) is 0 Å². The van der Waals surface area contributed by atoms with Crippen LogP contribution in [0.4, 0.5) is 0 Å². The minimum atomic E-state index is -2.05. The summed E-state index contributed by atoms with van der Waals surface area (Å²) in [7, 11) is 0. The van der Waals surface area contributed by atoms with Crippen LogP contribution in [0.2, 0.25) is 0 Å². The van der Waals surface area contributed by atoms with Gasteiger partial charge in [-0.3, -0.25) is 67.1 Å². The van der Waals surface area contributed by atoms with E-state index in [-0.39, 0.29) is 50.1 Å². The Hall–Kier alpha value is -10.9. The van der Waals surface area contributed by atoms with Gasteiger partial charge in [0, 0.05) is 45.1 Å². The van der Waals surface area contributed by atoms with Crippen LogP contribution in [0.5, 0.6) is 11.5 Å². The number of rotatable bonds is 18. The lowest BCUT2D eigenvalue weighted by molar-refractivity contribution is -0.144. The third kappa shape index (κ3) is 21.7. The third-order valence-electron chi connectivity index (χ3n) is 15.1. The number of nitrogens with one attached hydrogen (secondary N) is 9. The van der Waals surface area contributed by atoms with Gasteiger partial charge in [-0.1, -0.05) is 84.9 Å². The van der Waals surface area contributed by atoms with Gasteiger partial charge in [-0.05, 0) is 79.1 Å². The van der Waals surface area contributed by atoms with Gasteiger partial charge in [-0.2, -0.15) is 0 Å². The number of fused-ring (bicyclic) bond motifs is 1. The van der Waals surface area contributed by atoms with Crippen molar-refractivity contribution < 1.29 is 87.5 Å². The lowest BCUT2D eigenvalue weighted by atomic mass is 10.0. The van der Waals surface area contributed by atoms with Crippen LogP contribution in [0.1, 0.15) is 80.5 Å². The van der Waals surface area contributed by atoms with Crippen molar-refractivity contribution >= 4 is 82.8 Å². The van der Waals surface area contributed by atoms with Crippen LogP contribution in [-0.2, 0) is 92.8 Å². The number of carboxylic acid groups (broad SMARTS) is 2. The van der Waals surface area contributed by atoms with Gasteiger partial charge in [-0.15, -0.1) is 0 Å². The third-order valence-corrected chi connectivity index (χ3v) is 15.1. The van der Waals surface area contributed by atoms with Crippen LogP contribution in [-0.4, -0.2) is 175 Å². The molecule has 30 heteroatoms. The molecule has 92 heavy (non-hydrogen) atoms. The molecule has 4 aromatic rings. The summed E-state index contributed by atoms with van der Waals surface area (Å²) in [6.07, 6.45) is -5.76. The summed E-state index contributed by atoms with van der Waals surface area (Å²) < 4.78 is 0. The number of nitrogens with zero attached hydrogens (tertiary/aromatic N) is 1. The fourth-order valence-corrected chi connectivity index (χ4v) is 10.2. The number of carboxylic acids is 2.